The van der Waals surface area contributed by atoms with Crippen molar-refractivity contribution in [2.45, 2.75) is 0 Å². The highest BCUT2D eigenvalue weighted by molar-refractivity contribution is 7.40. The van der Waals surface area contributed by atoms with Gasteiger partial charge in [-0.25, -0.2) is 9.97 Å². The van der Waals surface area contributed by atoms with Crippen molar-refractivity contribution in [2.75, 3.05) is 0 Å². The molecule has 0 saturated carbocycles. The fourth-order valence-corrected chi connectivity index (χ4v) is 3.91. The first kappa shape index (κ1) is 11.6. The maximum atomic E-state index is 4.56. The smallest absolute Gasteiger partial charge is 0.182 e. The number of rotatable bonds is 2. The average Bonchev–Trinajstić information content (AvgIpc) is 3.08. The molecule has 0 saturated heterocycles. The van der Waals surface area contributed by atoms with E-state index in [1.807, 2.05) is 36.4 Å². The highest BCUT2D eigenvalue weighted by atomic mass is 32.2. The second-order valence-electron chi connectivity index (χ2n) is 4.08. The Morgan fingerprint density at radius 3 is 1.65 bits per heavy atom. The van der Waals surface area contributed by atoms with Crippen molar-refractivity contribution in [3.05, 3.63) is 48.8 Å². The number of nitrogens with zero attached hydrogens (tertiary/aromatic N) is 4. The van der Waals surface area contributed by atoms with Crippen LogP contribution in [-0.2, 0) is 0 Å². The lowest BCUT2D eigenvalue weighted by atomic mass is 10.4. The molecule has 0 spiro atoms. The quantitative estimate of drug-likeness (QED) is 0.563. The molecule has 6 heteroatoms. The first-order valence-corrected chi connectivity index (χ1v) is 7.63. The minimum Gasteiger partial charge on any atom is -0.254 e. The van der Waals surface area contributed by atoms with Crippen LogP contribution in [0.1, 0.15) is 0 Å². The number of hydrogen-bond donors (Lipinski definition) is 0. The summed E-state index contributed by atoms with van der Waals surface area (Å²) in [5, 5.41) is 1.82. The van der Waals surface area contributed by atoms with Crippen molar-refractivity contribution >= 4 is 32.3 Å². The fraction of sp³-hybridized carbons (Fsp3) is 0. The van der Waals surface area contributed by atoms with Crippen LogP contribution >= 0.6 is 22.7 Å². The van der Waals surface area contributed by atoms with E-state index in [-0.39, 0.29) is 0 Å². The van der Waals surface area contributed by atoms with E-state index in [0.29, 0.717) is 0 Å². The van der Waals surface area contributed by atoms with Crippen LogP contribution in [0.2, 0.25) is 0 Å². The molecule has 0 aliphatic heterocycles. The van der Waals surface area contributed by atoms with E-state index in [0.717, 1.165) is 31.1 Å². The molecule has 0 atom stereocenters. The van der Waals surface area contributed by atoms with E-state index < -0.39 is 0 Å². The standard InChI is InChI=1S/C14H8N4S2/c1-3-7-15-9(5-1)12-17-11-14(19-12)20-13(18-11)10-6-2-4-8-16-10/h1-8H. The molecule has 96 valence electrons. The van der Waals surface area contributed by atoms with Crippen LogP contribution in [0.15, 0.2) is 48.8 Å². The molecule has 4 nitrogen and oxygen atoms in total. The van der Waals surface area contributed by atoms with E-state index in [4.69, 9.17) is 0 Å². The normalized spacial score (nSPS) is 11.0. The van der Waals surface area contributed by atoms with Crippen LogP contribution in [0, 0.1) is 0 Å². The van der Waals surface area contributed by atoms with Crippen LogP contribution < -0.4 is 0 Å². The highest BCUT2D eigenvalue weighted by Gasteiger charge is 2.13. The van der Waals surface area contributed by atoms with Gasteiger partial charge in [0, 0.05) is 12.4 Å². The summed E-state index contributed by atoms with van der Waals surface area (Å²) < 4.78 is 1.10. The van der Waals surface area contributed by atoms with Crippen molar-refractivity contribution in [1.29, 1.82) is 0 Å². The Labute approximate surface area is 122 Å². The summed E-state index contributed by atoms with van der Waals surface area (Å²) in [6.45, 7) is 0. The second kappa shape index (κ2) is 4.73. The Bertz CT molecular complexity index is 752. The van der Waals surface area contributed by atoms with Gasteiger partial charge in [0.1, 0.15) is 14.0 Å². The Hall–Kier alpha value is -2.18. The second-order valence-corrected chi connectivity index (χ2v) is 6.34. The van der Waals surface area contributed by atoms with Gasteiger partial charge in [-0.1, -0.05) is 34.8 Å². The average molecular weight is 296 g/mol. The van der Waals surface area contributed by atoms with Gasteiger partial charge < -0.3 is 0 Å². The Kier molecular flexibility index (Phi) is 2.75. The largest absolute Gasteiger partial charge is 0.254 e. The van der Waals surface area contributed by atoms with Crippen LogP contribution in [0.3, 0.4) is 0 Å². The lowest BCUT2D eigenvalue weighted by Crippen LogP contribution is -1.82. The topological polar surface area (TPSA) is 51.6 Å². The van der Waals surface area contributed by atoms with E-state index in [1.54, 1.807) is 35.1 Å². The SMILES string of the molecule is c1ccc(-c2nc3nc(-c4ccccn4)sc3s2)nc1. The first-order valence-electron chi connectivity index (χ1n) is 6.00. The van der Waals surface area contributed by atoms with E-state index in [1.165, 1.54) is 0 Å². The van der Waals surface area contributed by atoms with E-state index in [9.17, 15) is 0 Å². The molecule has 0 unspecified atom stereocenters. The number of fused-ring (bicyclic) bond motifs is 1. The predicted octanol–water partition coefficient (Wildman–Crippen LogP) is 3.88. The van der Waals surface area contributed by atoms with Gasteiger partial charge in [0.15, 0.2) is 5.65 Å². The molecule has 0 fully saturated rings. The molecular weight excluding hydrogens is 288 g/mol. The lowest BCUT2D eigenvalue weighted by Gasteiger charge is -1.93. The summed E-state index contributed by atoms with van der Waals surface area (Å²) in [5.41, 5.74) is 2.56. The minimum atomic E-state index is 0.779. The van der Waals surface area contributed by atoms with Crippen LogP contribution in [0.4, 0.5) is 0 Å². The summed E-state index contributed by atoms with van der Waals surface area (Å²) >= 11 is 3.24. The molecule has 4 aromatic rings. The molecule has 0 aliphatic carbocycles. The third kappa shape index (κ3) is 1.99. The van der Waals surface area contributed by atoms with Crippen molar-refractivity contribution in [3.8, 4) is 21.4 Å². The zero-order valence-corrected chi connectivity index (χ0v) is 11.9. The Balaban J connectivity index is 1.78. The maximum Gasteiger partial charge on any atom is 0.182 e. The molecule has 4 heterocycles. The maximum absolute atomic E-state index is 4.56. The van der Waals surface area contributed by atoms with Gasteiger partial charge in [0.2, 0.25) is 0 Å². The van der Waals surface area contributed by atoms with Gasteiger partial charge in [0.25, 0.3) is 0 Å². The predicted molar refractivity (Wildman–Crippen MR) is 81.8 cm³/mol. The third-order valence-corrected chi connectivity index (χ3v) is 4.97. The molecule has 4 aromatic heterocycles. The van der Waals surface area contributed by atoms with Crippen molar-refractivity contribution in [3.63, 3.8) is 0 Å². The van der Waals surface area contributed by atoms with Gasteiger partial charge in [0.05, 0.1) is 11.4 Å². The molecule has 0 bridgehead atoms. The highest BCUT2D eigenvalue weighted by Crippen LogP contribution is 2.35. The summed E-state index contributed by atoms with van der Waals surface area (Å²) in [4.78, 5) is 17.7. The molecular formula is C14H8N4S2. The molecule has 0 N–H and O–H groups in total. The van der Waals surface area contributed by atoms with Crippen molar-refractivity contribution in [2.24, 2.45) is 0 Å². The summed E-state index contributed by atoms with van der Waals surface area (Å²) in [5.74, 6) is 0. The first-order chi connectivity index (χ1) is 9.90. The molecule has 0 aromatic carbocycles. The third-order valence-electron chi connectivity index (χ3n) is 2.74. The van der Waals surface area contributed by atoms with Crippen LogP contribution in [-0.4, -0.2) is 19.9 Å². The van der Waals surface area contributed by atoms with Crippen molar-refractivity contribution < 1.29 is 0 Å². The number of aromatic nitrogens is 4. The minimum absolute atomic E-state index is 0.779. The Morgan fingerprint density at radius 2 is 1.25 bits per heavy atom. The molecule has 20 heavy (non-hydrogen) atoms. The Morgan fingerprint density at radius 1 is 0.700 bits per heavy atom. The summed E-state index contributed by atoms with van der Waals surface area (Å²) in [7, 11) is 0. The fourth-order valence-electron chi connectivity index (χ4n) is 1.84. The van der Waals surface area contributed by atoms with Crippen LogP contribution in [0.25, 0.3) is 31.1 Å². The van der Waals surface area contributed by atoms with E-state index in [2.05, 4.69) is 19.9 Å². The monoisotopic (exact) mass is 296 g/mol. The number of hydrogen-bond acceptors (Lipinski definition) is 6. The zero-order valence-electron chi connectivity index (χ0n) is 10.2. The van der Waals surface area contributed by atoms with Crippen molar-refractivity contribution in [1.82, 2.24) is 19.9 Å². The van der Waals surface area contributed by atoms with Gasteiger partial charge >= 0.3 is 0 Å². The number of pyridine rings is 2. The van der Waals surface area contributed by atoms with E-state index >= 15 is 0 Å². The van der Waals surface area contributed by atoms with Gasteiger partial charge in [-0.05, 0) is 24.3 Å². The molecule has 0 radical (unpaired) electrons. The van der Waals surface area contributed by atoms with Gasteiger partial charge in [-0.3, -0.25) is 9.97 Å². The van der Waals surface area contributed by atoms with Gasteiger partial charge in [-0.2, -0.15) is 0 Å². The zero-order chi connectivity index (χ0) is 13.4. The lowest BCUT2D eigenvalue weighted by molar-refractivity contribution is 1.27. The van der Waals surface area contributed by atoms with Crippen LogP contribution in [0.5, 0.6) is 0 Å². The summed E-state index contributed by atoms with van der Waals surface area (Å²) in [6.07, 6.45) is 3.55. The summed E-state index contributed by atoms with van der Waals surface area (Å²) in [6, 6.07) is 11.6. The number of thiazole rings is 2. The van der Waals surface area contributed by atoms with Gasteiger partial charge in [-0.15, -0.1) is 0 Å². The molecule has 0 amide bonds. The molecule has 0 aliphatic rings. The molecule has 4 rings (SSSR count).